The van der Waals surface area contributed by atoms with Gasteiger partial charge in [-0.2, -0.15) is 0 Å². The average molecular weight is 332 g/mol. The molecule has 3 N–H and O–H groups in total. The molecule has 0 spiro atoms. The minimum atomic E-state index is 0.727. The lowest BCUT2D eigenvalue weighted by Crippen LogP contribution is -1.87. The normalized spacial score (nSPS) is 10.9. The summed E-state index contributed by atoms with van der Waals surface area (Å²) in [6, 6.07) is 13.9. The molecule has 0 fully saturated rings. The van der Waals surface area contributed by atoms with Crippen molar-refractivity contribution >= 4 is 17.0 Å². The average Bonchev–Trinajstić information content (AvgIpc) is 3.22. The summed E-state index contributed by atoms with van der Waals surface area (Å²) < 4.78 is 0. The molecule has 0 saturated heterocycles. The van der Waals surface area contributed by atoms with E-state index in [0.29, 0.717) is 0 Å². The van der Waals surface area contributed by atoms with Gasteiger partial charge in [-0.15, -0.1) is 11.3 Å². The molecule has 1 aromatic carbocycles. The second-order valence-corrected chi connectivity index (χ2v) is 6.57. The van der Waals surface area contributed by atoms with Crippen molar-refractivity contribution in [3.8, 4) is 33.2 Å². The fraction of sp³-hybridized carbons (Fsp3) is 0.0526. The lowest BCUT2D eigenvalue weighted by atomic mass is 10.1. The minimum Gasteiger partial charge on any atom is -0.399 e. The van der Waals surface area contributed by atoms with Crippen molar-refractivity contribution in [1.29, 1.82) is 0 Å². The number of hydrogen-bond donors (Lipinski definition) is 2. The summed E-state index contributed by atoms with van der Waals surface area (Å²) in [5, 5.41) is 2.13. The van der Waals surface area contributed by atoms with Gasteiger partial charge in [0.1, 0.15) is 5.82 Å². The van der Waals surface area contributed by atoms with Gasteiger partial charge in [0, 0.05) is 29.2 Å². The summed E-state index contributed by atoms with van der Waals surface area (Å²) in [4.78, 5) is 13.6. The van der Waals surface area contributed by atoms with E-state index in [9.17, 15) is 0 Å². The molecule has 0 radical (unpaired) electrons. The van der Waals surface area contributed by atoms with E-state index < -0.39 is 0 Å². The number of nitrogens with zero attached hydrogens (tertiary/aromatic N) is 2. The molecule has 118 valence electrons. The summed E-state index contributed by atoms with van der Waals surface area (Å²) >= 11 is 1.69. The van der Waals surface area contributed by atoms with Crippen molar-refractivity contribution in [1.82, 2.24) is 15.0 Å². The Kier molecular flexibility index (Phi) is 3.63. The van der Waals surface area contributed by atoms with Gasteiger partial charge < -0.3 is 10.7 Å². The van der Waals surface area contributed by atoms with Crippen molar-refractivity contribution in [2.45, 2.75) is 6.92 Å². The Balaban J connectivity index is 1.92. The third-order valence-electron chi connectivity index (χ3n) is 3.80. The fourth-order valence-electron chi connectivity index (χ4n) is 2.67. The van der Waals surface area contributed by atoms with Crippen LogP contribution >= 0.6 is 11.3 Å². The third-order valence-corrected chi connectivity index (χ3v) is 4.85. The van der Waals surface area contributed by atoms with Crippen LogP contribution in [0.3, 0.4) is 0 Å². The van der Waals surface area contributed by atoms with Gasteiger partial charge in [0.2, 0.25) is 0 Å². The van der Waals surface area contributed by atoms with Gasteiger partial charge >= 0.3 is 0 Å². The molecule has 5 heteroatoms. The van der Waals surface area contributed by atoms with E-state index in [1.807, 2.05) is 36.4 Å². The van der Waals surface area contributed by atoms with E-state index >= 15 is 0 Å². The van der Waals surface area contributed by atoms with Gasteiger partial charge in [-0.3, -0.25) is 4.98 Å². The number of aromatic nitrogens is 3. The number of anilines is 1. The molecule has 4 rings (SSSR count). The lowest BCUT2D eigenvalue weighted by molar-refractivity contribution is 1.31. The topological polar surface area (TPSA) is 67.6 Å². The number of nitrogens with two attached hydrogens (primary N) is 1. The second kappa shape index (κ2) is 5.94. The van der Waals surface area contributed by atoms with E-state index in [1.165, 1.54) is 5.56 Å². The monoisotopic (exact) mass is 332 g/mol. The summed E-state index contributed by atoms with van der Waals surface area (Å²) in [6.07, 6.45) is 3.57. The number of nitrogen functional groups attached to an aromatic ring is 1. The van der Waals surface area contributed by atoms with Gasteiger partial charge in [0.15, 0.2) is 0 Å². The third kappa shape index (κ3) is 2.70. The first-order chi connectivity index (χ1) is 11.7. The first kappa shape index (κ1) is 14.7. The van der Waals surface area contributed by atoms with Crippen molar-refractivity contribution < 1.29 is 0 Å². The van der Waals surface area contributed by atoms with E-state index in [0.717, 1.165) is 38.9 Å². The highest BCUT2D eigenvalue weighted by atomic mass is 32.1. The number of H-pyrrole nitrogens is 1. The van der Waals surface area contributed by atoms with Crippen molar-refractivity contribution in [3.05, 3.63) is 65.8 Å². The SMILES string of the molecule is Cc1csc(-c2nc(-c3cccc(N)c3)c(-c3ccncc3)[nH]2)c1. The Labute approximate surface area is 144 Å². The maximum Gasteiger partial charge on any atom is 0.148 e. The quantitative estimate of drug-likeness (QED) is 0.532. The minimum absolute atomic E-state index is 0.727. The molecule has 0 aliphatic carbocycles. The fourth-order valence-corrected chi connectivity index (χ4v) is 3.51. The van der Waals surface area contributed by atoms with Crippen LogP contribution in [0.25, 0.3) is 33.2 Å². The Morgan fingerprint density at radius 1 is 1.04 bits per heavy atom. The number of nitrogens with one attached hydrogen (secondary N) is 1. The van der Waals surface area contributed by atoms with Crippen LogP contribution in [-0.4, -0.2) is 15.0 Å². The van der Waals surface area contributed by atoms with Crippen LogP contribution in [0.2, 0.25) is 0 Å². The van der Waals surface area contributed by atoms with Crippen LogP contribution in [0.4, 0.5) is 5.69 Å². The molecule has 0 unspecified atom stereocenters. The molecule has 0 saturated carbocycles. The predicted molar refractivity (Wildman–Crippen MR) is 99.7 cm³/mol. The molecule has 0 aliphatic rings. The van der Waals surface area contributed by atoms with Gasteiger partial charge in [-0.25, -0.2) is 4.98 Å². The van der Waals surface area contributed by atoms with Crippen LogP contribution in [0.15, 0.2) is 60.2 Å². The summed E-state index contributed by atoms with van der Waals surface area (Å²) in [7, 11) is 0. The molecule has 24 heavy (non-hydrogen) atoms. The number of aromatic amines is 1. The van der Waals surface area contributed by atoms with Gasteiger partial charge in [-0.05, 0) is 48.2 Å². The number of thiophene rings is 1. The highest BCUT2D eigenvalue weighted by molar-refractivity contribution is 7.13. The summed E-state index contributed by atoms with van der Waals surface area (Å²) in [6.45, 7) is 2.09. The Bertz CT molecular complexity index is 986. The molecule has 4 aromatic rings. The van der Waals surface area contributed by atoms with Crippen molar-refractivity contribution in [2.75, 3.05) is 5.73 Å². The largest absolute Gasteiger partial charge is 0.399 e. The van der Waals surface area contributed by atoms with Gasteiger partial charge in [-0.1, -0.05) is 12.1 Å². The highest BCUT2D eigenvalue weighted by Gasteiger charge is 2.16. The van der Waals surface area contributed by atoms with Crippen LogP contribution < -0.4 is 5.73 Å². The molecule has 0 aliphatic heterocycles. The predicted octanol–water partition coefficient (Wildman–Crippen LogP) is 4.76. The molecule has 0 bridgehead atoms. The molecule has 3 heterocycles. The van der Waals surface area contributed by atoms with Gasteiger partial charge in [0.25, 0.3) is 0 Å². The molecular formula is C19H16N4S. The van der Waals surface area contributed by atoms with E-state index in [2.05, 4.69) is 28.3 Å². The number of aryl methyl sites for hydroxylation is 1. The van der Waals surface area contributed by atoms with Crippen LogP contribution in [-0.2, 0) is 0 Å². The number of pyridine rings is 1. The van der Waals surface area contributed by atoms with Crippen molar-refractivity contribution in [3.63, 3.8) is 0 Å². The number of hydrogen-bond acceptors (Lipinski definition) is 4. The summed E-state index contributed by atoms with van der Waals surface area (Å²) in [5.74, 6) is 0.873. The lowest BCUT2D eigenvalue weighted by Gasteiger charge is -2.03. The van der Waals surface area contributed by atoms with Crippen molar-refractivity contribution in [2.24, 2.45) is 0 Å². The van der Waals surface area contributed by atoms with Crippen LogP contribution in [0, 0.1) is 6.92 Å². The molecule has 0 atom stereocenters. The molecule has 4 nitrogen and oxygen atoms in total. The van der Waals surface area contributed by atoms with E-state index in [4.69, 9.17) is 10.7 Å². The maximum atomic E-state index is 5.96. The summed E-state index contributed by atoms with van der Waals surface area (Å²) in [5.41, 5.74) is 11.8. The highest BCUT2D eigenvalue weighted by Crippen LogP contribution is 2.35. The number of imidazole rings is 1. The molecule has 3 aromatic heterocycles. The van der Waals surface area contributed by atoms with E-state index in [-0.39, 0.29) is 0 Å². The first-order valence-electron chi connectivity index (χ1n) is 7.62. The zero-order valence-corrected chi connectivity index (χ0v) is 14.0. The second-order valence-electron chi connectivity index (χ2n) is 5.66. The zero-order valence-electron chi connectivity index (χ0n) is 13.2. The first-order valence-corrected chi connectivity index (χ1v) is 8.50. The molecule has 0 amide bonds. The standard InChI is InChI=1S/C19H16N4S/c1-12-9-16(24-11-12)19-22-17(13-5-7-21-8-6-13)18(23-19)14-3-2-4-15(20)10-14/h2-11H,20H2,1H3,(H,22,23). The van der Waals surface area contributed by atoms with Crippen LogP contribution in [0.5, 0.6) is 0 Å². The Morgan fingerprint density at radius 2 is 1.88 bits per heavy atom. The van der Waals surface area contributed by atoms with Gasteiger partial charge in [0.05, 0.1) is 16.3 Å². The Morgan fingerprint density at radius 3 is 2.58 bits per heavy atom. The van der Waals surface area contributed by atoms with Crippen LogP contribution in [0.1, 0.15) is 5.56 Å². The maximum absolute atomic E-state index is 5.96. The smallest absolute Gasteiger partial charge is 0.148 e. The zero-order chi connectivity index (χ0) is 16.5. The molecular weight excluding hydrogens is 316 g/mol. The van der Waals surface area contributed by atoms with E-state index in [1.54, 1.807) is 23.7 Å². The number of benzene rings is 1. The number of rotatable bonds is 3. The Hall–Kier alpha value is -2.92.